The van der Waals surface area contributed by atoms with Crippen LogP contribution in [0.3, 0.4) is 0 Å². The fourth-order valence-corrected chi connectivity index (χ4v) is 6.28. The molecule has 0 saturated carbocycles. The van der Waals surface area contributed by atoms with Crippen LogP contribution in [0, 0.1) is 0 Å². The van der Waals surface area contributed by atoms with E-state index in [1.165, 1.54) is 64.2 Å². The third-order valence-electron chi connectivity index (χ3n) is 8.77. The van der Waals surface area contributed by atoms with Crippen molar-refractivity contribution in [2.45, 2.75) is 193 Å². The first-order chi connectivity index (χ1) is 25.7. The highest BCUT2D eigenvalue weighted by molar-refractivity contribution is 7.47. The molecular weight excluding hydrogens is 695 g/mol. The number of esters is 2. The normalized spacial score (nSPS) is 14.3. The SMILES string of the molecule is CCCCCC=CCC=CCCCCCCCC(=O)OC(COC(=O)CCCCCCCC=CCCCCCCCC)COP(=O)(O)OCC(O)CO. The van der Waals surface area contributed by atoms with Crippen LogP contribution in [0.25, 0.3) is 0 Å². The molecule has 11 heteroatoms. The maximum Gasteiger partial charge on any atom is 0.472 e. The number of phosphoric ester groups is 1. The van der Waals surface area contributed by atoms with Crippen molar-refractivity contribution in [3.8, 4) is 0 Å². The summed E-state index contributed by atoms with van der Waals surface area (Å²) >= 11 is 0. The molecule has 0 aromatic rings. The summed E-state index contributed by atoms with van der Waals surface area (Å²) < 4.78 is 32.6. The molecule has 0 spiro atoms. The molecule has 3 unspecified atom stereocenters. The van der Waals surface area contributed by atoms with Crippen molar-refractivity contribution in [1.82, 2.24) is 0 Å². The highest BCUT2D eigenvalue weighted by Crippen LogP contribution is 2.43. The summed E-state index contributed by atoms with van der Waals surface area (Å²) in [5.41, 5.74) is 0. The third-order valence-corrected chi connectivity index (χ3v) is 9.72. The lowest BCUT2D eigenvalue weighted by Crippen LogP contribution is -2.29. The van der Waals surface area contributed by atoms with E-state index >= 15 is 0 Å². The van der Waals surface area contributed by atoms with E-state index in [4.69, 9.17) is 19.1 Å². The Morgan fingerprint density at radius 1 is 0.566 bits per heavy atom. The molecule has 0 aromatic carbocycles. The maximum absolute atomic E-state index is 12.6. The number of hydrogen-bond donors (Lipinski definition) is 3. The Labute approximate surface area is 322 Å². The second kappa shape index (κ2) is 38.5. The van der Waals surface area contributed by atoms with Gasteiger partial charge in [-0.25, -0.2) is 4.57 Å². The average Bonchev–Trinajstić information content (AvgIpc) is 3.14. The predicted molar refractivity (Wildman–Crippen MR) is 214 cm³/mol. The number of rotatable bonds is 39. The van der Waals surface area contributed by atoms with Crippen LogP contribution in [-0.2, 0) is 32.7 Å². The number of aliphatic hydroxyl groups is 2. The number of carbonyl (C=O) groups excluding carboxylic acids is 2. The molecule has 0 aliphatic carbocycles. The molecule has 0 rings (SSSR count). The molecule has 0 amide bonds. The van der Waals surface area contributed by atoms with Crippen LogP contribution in [0.1, 0.15) is 181 Å². The average molecular weight is 773 g/mol. The minimum atomic E-state index is -4.62. The van der Waals surface area contributed by atoms with Gasteiger partial charge in [0.15, 0.2) is 6.10 Å². The van der Waals surface area contributed by atoms with Crippen molar-refractivity contribution in [3.05, 3.63) is 36.5 Å². The second-order valence-electron chi connectivity index (χ2n) is 14.0. The van der Waals surface area contributed by atoms with Crippen LogP contribution >= 0.6 is 7.82 Å². The van der Waals surface area contributed by atoms with Crippen LogP contribution in [0.15, 0.2) is 36.5 Å². The molecule has 0 heterocycles. The van der Waals surface area contributed by atoms with Crippen molar-refractivity contribution in [1.29, 1.82) is 0 Å². The third kappa shape index (κ3) is 38.3. The lowest BCUT2D eigenvalue weighted by Gasteiger charge is -2.20. The van der Waals surface area contributed by atoms with E-state index in [1.54, 1.807) is 0 Å². The van der Waals surface area contributed by atoms with Crippen molar-refractivity contribution in [3.63, 3.8) is 0 Å². The summed E-state index contributed by atoms with van der Waals surface area (Å²) in [5.74, 6) is -0.950. The summed E-state index contributed by atoms with van der Waals surface area (Å²) in [6.07, 6.45) is 38.2. The van der Waals surface area contributed by atoms with E-state index in [-0.39, 0.29) is 19.4 Å². The van der Waals surface area contributed by atoms with Gasteiger partial charge in [-0.1, -0.05) is 134 Å². The molecule has 0 aromatic heterocycles. The smallest absolute Gasteiger partial charge is 0.462 e. The van der Waals surface area contributed by atoms with E-state index in [2.05, 4.69) is 54.8 Å². The molecule has 0 aliphatic heterocycles. The summed E-state index contributed by atoms with van der Waals surface area (Å²) in [5, 5.41) is 18.3. The fraction of sp³-hybridized carbons (Fsp3) is 0.810. The zero-order valence-corrected chi connectivity index (χ0v) is 34.4. The molecule has 10 nitrogen and oxygen atoms in total. The number of aliphatic hydroxyl groups excluding tert-OH is 2. The van der Waals surface area contributed by atoms with E-state index < -0.39 is 51.8 Å². The first-order valence-electron chi connectivity index (χ1n) is 20.9. The second-order valence-corrected chi connectivity index (χ2v) is 15.5. The van der Waals surface area contributed by atoms with Gasteiger partial charge in [-0.15, -0.1) is 0 Å². The molecule has 310 valence electrons. The van der Waals surface area contributed by atoms with Crippen LogP contribution < -0.4 is 0 Å². The van der Waals surface area contributed by atoms with Gasteiger partial charge in [-0.2, -0.15) is 0 Å². The lowest BCUT2D eigenvalue weighted by molar-refractivity contribution is -0.161. The Balaban J connectivity index is 4.36. The Morgan fingerprint density at radius 3 is 1.51 bits per heavy atom. The van der Waals surface area contributed by atoms with Gasteiger partial charge in [0, 0.05) is 12.8 Å². The number of carbonyl (C=O) groups is 2. The lowest BCUT2D eigenvalue weighted by atomic mass is 10.1. The van der Waals surface area contributed by atoms with Gasteiger partial charge in [0.1, 0.15) is 12.7 Å². The number of hydrogen-bond acceptors (Lipinski definition) is 9. The minimum absolute atomic E-state index is 0.167. The topological polar surface area (TPSA) is 149 Å². The number of phosphoric acid groups is 1. The van der Waals surface area contributed by atoms with E-state index in [0.717, 1.165) is 77.0 Å². The molecule has 0 fully saturated rings. The molecule has 3 N–H and O–H groups in total. The Bertz CT molecular complexity index is 983. The van der Waals surface area contributed by atoms with Gasteiger partial charge < -0.3 is 24.6 Å². The molecule has 0 saturated heterocycles. The Morgan fingerprint density at radius 2 is 0.981 bits per heavy atom. The Kier molecular flexibility index (Phi) is 37.2. The standard InChI is InChI=1S/C42H77O10P/c1-3-5-7-9-11-13-15-17-19-21-23-25-27-29-31-33-41(45)49-37-40(38-51-53(47,48)50-36-39(44)35-43)52-42(46)34-32-30-28-26-24-22-20-18-16-14-12-10-8-6-4-2/h12,14,17-20,39-40,43-44H,3-11,13,15-16,21-38H2,1-2H3,(H,47,48). The summed E-state index contributed by atoms with van der Waals surface area (Å²) in [7, 11) is -4.62. The van der Waals surface area contributed by atoms with Gasteiger partial charge in [-0.3, -0.25) is 18.6 Å². The van der Waals surface area contributed by atoms with Gasteiger partial charge in [-0.05, 0) is 70.6 Å². The number of allylic oxidation sites excluding steroid dienone is 6. The molecule has 3 atom stereocenters. The summed E-state index contributed by atoms with van der Waals surface area (Å²) in [6, 6.07) is 0. The van der Waals surface area contributed by atoms with Crippen molar-refractivity contribution in [2.24, 2.45) is 0 Å². The first kappa shape index (κ1) is 51.2. The maximum atomic E-state index is 12.6. The van der Waals surface area contributed by atoms with Crippen molar-refractivity contribution < 1.29 is 47.8 Å². The van der Waals surface area contributed by atoms with E-state index in [0.29, 0.717) is 12.8 Å². The highest BCUT2D eigenvalue weighted by atomic mass is 31.2. The molecule has 0 radical (unpaired) electrons. The molecule has 0 bridgehead atoms. The monoisotopic (exact) mass is 773 g/mol. The van der Waals surface area contributed by atoms with Gasteiger partial charge in [0.25, 0.3) is 0 Å². The van der Waals surface area contributed by atoms with Crippen LogP contribution in [0.5, 0.6) is 0 Å². The first-order valence-corrected chi connectivity index (χ1v) is 22.4. The zero-order chi connectivity index (χ0) is 39.1. The van der Waals surface area contributed by atoms with Gasteiger partial charge in [0.2, 0.25) is 0 Å². The zero-order valence-electron chi connectivity index (χ0n) is 33.5. The predicted octanol–water partition coefficient (Wildman–Crippen LogP) is 10.8. The summed E-state index contributed by atoms with van der Waals surface area (Å²) in [6.45, 7) is 2.32. The van der Waals surface area contributed by atoms with Gasteiger partial charge in [0.05, 0.1) is 19.8 Å². The molecule has 0 aliphatic rings. The van der Waals surface area contributed by atoms with Gasteiger partial charge >= 0.3 is 19.8 Å². The van der Waals surface area contributed by atoms with Crippen molar-refractivity contribution >= 4 is 19.8 Å². The van der Waals surface area contributed by atoms with Crippen LogP contribution in [-0.4, -0.2) is 65.7 Å². The largest absolute Gasteiger partial charge is 0.472 e. The van der Waals surface area contributed by atoms with E-state index in [1.807, 2.05) is 0 Å². The number of unbranched alkanes of at least 4 members (excludes halogenated alkanes) is 19. The number of ether oxygens (including phenoxy) is 2. The van der Waals surface area contributed by atoms with Crippen LogP contribution in [0.2, 0.25) is 0 Å². The van der Waals surface area contributed by atoms with Crippen molar-refractivity contribution in [2.75, 3.05) is 26.4 Å². The highest BCUT2D eigenvalue weighted by Gasteiger charge is 2.27. The quantitative estimate of drug-likeness (QED) is 0.0238. The minimum Gasteiger partial charge on any atom is -0.462 e. The summed E-state index contributed by atoms with van der Waals surface area (Å²) in [4.78, 5) is 34.9. The van der Waals surface area contributed by atoms with E-state index in [9.17, 15) is 24.2 Å². The Hall–Kier alpha value is -1.81. The fourth-order valence-electron chi connectivity index (χ4n) is 5.49. The molecule has 53 heavy (non-hydrogen) atoms. The van der Waals surface area contributed by atoms with Crippen LogP contribution in [0.4, 0.5) is 0 Å². The molecular formula is C42H77O10P.